The highest BCUT2D eigenvalue weighted by Crippen LogP contribution is 2.29. The molecular weight excluding hydrogens is 967 g/mol. The zero-order valence-corrected chi connectivity index (χ0v) is 43.5. The molecule has 6 aromatic rings. The summed E-state index contributed by atoms with van der Waals surface area (Å²) in [7, 11) is 0. The molecule has 2 fully saturated rings. The second-order valence-corrected chi connectivity index (χ2v) is 20.8. The zero-order chi connectivity index (χ0) is 52.4. The average Bonchev–Trinajstić information content (AvgIpc) is 4.24. The topological polar surface area (TPSA) is 247 Å². The normalized spacial score (nSPS) is 17.5. The molecular formula is C53H67N11O9S. The summed E-state index contributed by atoms with van der Waals surface area (Å²) in [6.07, 6.45) is 3.29. The minimum Gasteiger partial charge on any atom is -0.391 e. The van der Waals surface area contributed by atoms with E-state index in [1.165, 1.54) is 17.7 Å². The number of thiazole rings is 1. The molecule has 2 aliphatic heterocycles. The SMILES string of the molecule is Cc1ncsc1-c1ccc(CNC(=O)[C@@H]2C[C@@H](O)CN2C(=O)[C@@H](NC(=O)COCCOCCOCC(=O)NCCn2ncc3cc(C(=O)Nc4ccc5nc(CN6CCC[C@@H]6C)[nH]c5c4)ccc32)C(C)(C)C)cc1. The number of carbonyl (C=O) groups excluding carboxylic acids is 5. The Morgan fingerprint density at radius 2 is 1.69 bits per heavy atom. The number of β-amino-alcohol motifs (C(OH)–C–C–N with tert-alkyl or cyclic N) is 1. The van der Waals surface area contributed by atoms with E-state index in [2.05, 4.69) is 48.2 Å². The van der Waals surface area contributed by atoms with Crippen LogP contribution in [-0.4, -0.2) is 153 Å². The number of hydrogen-bond donors (Lipinski definition) is 6. The van der Waals surface area contributed by atoms with E-state index >= 15 is 0 Å². The number of ether oxygens (including phenoxy) is 3. The Morgan fingerprint density at radius 3 is 2.41 bits per heavy atom. The Balaban J connectivity index is 0.681. The molecule has 3 aromatic carbocycles. The van der Waals surface area contributed by atoms with E-state index in [1.807, 2.05) is 76.2 Å². The van der Waals surface area contributed by atoms with Gasteiger partial charge in [-0.3, -0.25) is 33.6 Å². The predicted molar refractivity (Wildman–Crippen MR) is 280 cm³/mol. The number of aromatic nitrogens is 5. The molecule has 8 rings (SSSR count). The summed E-state index contributed by atoms with van der Waals surface area (Å²) >= 11 is 1.56. The first-order chi connectivity index (χ1) is 35.6. The summed E-state index contributed by atoms with van der Waals surface area (Å²) in [5.74, 6) is -0.994. The number of benzene rings is 3. The lowest BCUT2D eigenvalue weighted by atomic mass is 9.85. The molecule has 6 N–H and O–H groups in total. The van der Waals surface area contributed by atoms with Crippen molar-refractivity contribution in [1.82, 2.24) is 50.5 Å². The highest BCUT2D eigenvalue weighted by atomic mass is 32.1. The number of nitrogens with one attached hydrogen (secondary N) is 5. The smallest absolute Gasteiger partial charge is 0.255 e. The van der Waals surface area contributed by atoms with Crippen molar-refractivity contribution in [1.29, 1.82) is 0 Å². The number of nitrogens with zero attached hydrogens (tertiary/aromatic N) is 6. The molecule has 0 aliphatic carbocycles. The minimum absolute atomic E-state index is 0.0350. The zero-order valence-electron chi connectivity index (χ0n) is 42.6. The van der Waals surface area contributed by atoms with Gasteiger partial charge < -0.3 is 50.5 Å². The van der Waals surface area contributed by atoms with Crippen molar-refractivity contribution in [2.75, 3.05) is 64.6 Å². The summed E-state index contributed by atoms with van der Waals surface area (Å²) < 4.78 is 18.3. The lowest BCUT2D eigenvalue weighted by Gasteiger charge is -2.35. The number of amides is 5. The molecule has 21 heteroatoms. The third kappa shape index (κ3) is 13.9. The Hall–Kier alpha value is -6.62. The second-order valence-electron chi connectivity index (χ2n) is 20.0. The third-order valence-corrected chi connectivity index (χ3v) is 14.3. The summed E-state index contributed by atoms with van der Waals surface area (Å²) in [4.78, 5) is 83.4. The lowest BCUT2D eigenvalue weighted by Crippen LogP contribution is -2.58. The summed E-state index contributed by atoms with van der Waals surface area (Å²) in [6.45, 7) is 12.5. The number of carbonyl (C=O) groups is 5. The van der Waals surface area contributed by atoms with E-state index in [0.717, 1.165) is 62.5 Å². The molecule has 5 heterocycles. The fourth-order valence-corrected chi connectivity index (χ4v) is 10.1. The molecule has 0 unspecified atom stereocenters. The fourth-order valence-electron chi connectivity index (χ4n) is 9.25. The first kappa shape index (κ1) is 53.7. The highest BCUT2D eigenvalue weighted by Gasteiger charge is 2.44. The van der Waals surface area contributed by atoms with Crippen LogP contribution in [0.5, 0.6) is 0 Å². The molecule has 0 radical (unpaired) electrons. The van der Waals surface area contributed by atoms with Gasteiger partial charge in [0.15, 0.2) is 0 Å². The summed E-state index contributed by atoms with van der Waals surface area (Å²) in [5, 5.41) is 27.3. The summed E-state index contributed by atoms with van der Waals surface area (Å²) in [6, 6.07) is 17.5. The monoisotopic (exact) mass is 1030 g/mol. The molecule has 2 saturated heterocycles. The quantitative estimate of drug-likeness (QED) is 0.0483. The largest absolute Gasteiger partial charge is 0.391 e. The molecule has 4 atom stereocenters. The molecule has 5 amide bonds. The Bertz CT molecular complexity index is 2910. The maximum absolute atomic E-state index is 14.0. The van der Waals surface area contributed by atoms with Crippen LogP contribution in [0.3, 0.4) is 0 Å². The van der Waals surface area contributed by atoms with Crippen LogP contribution in [0.15, 0.2) is 72.4 Å². The van der Waals surface area contributed by atoms with E-state index < -0.39 is 35.4 Å². The third-order valence-electron chi connectivity index (χ3n) is 13.3. The van der Waals surface area contributed by atoms with E-state index in [0.29, 0.717) is 30.4 Å². The lowest BCUT2D eigenvalue weighted by molar-refractivity contribution is -0.144. The Morgan fingerprint density at radius 1 is 0.932 bits per heavy atom. The summed E-state index contributed by atoms with van der Waals surface area (Å²) in [5.41, 5.74) is 7.67. The Labute approximate surface area is 433 Å². The highest BCUT2D eigenvalue weighted by molar-refractivity contribution is 7.13. The average molecular weight is 1030 g/mol. The van der Waals surface area contributed by atoms with Gasteiger partial charge in [-0.15, -0.1) is 11.3 Å². The number of aromatic amines is 1. The fraction of sp³-hybridized carbons (Fsp3) is 0.472. The minimum atomic E-state index is -0.993. The maximum Gasteiger partial charge on any atom is 0.255 e. The number of aliphatic hydroxyl groups excluding tert-OH is 1. The number of fused-ring (bicyclic) bond motifs is 2. The van der Waals surface area contributed by atoms with Gasteiger partial charge in [-0.1, -0.05) is 45.0 Å². The van der Waals surface area contributed by atoms with E-state index in [-0.39, 0.29) is 76.9 Å². The van der Waals surface area contributed by atoms with Crippen LogP contribution in [0.4, 0.5) is 5.69 Å². The first-order valence-electron chi connectivity index (χ1n) is 25.1. The number of imidazole rings is 1. The maximum atomic E-state index is 14.0. The number of anilines is 1. The van der Waals surface area contributed by atoms with Crippen molar-refractivity contribution in [3.05, 3.63) is 95.0 Å². The van der Waals surface area contributed by atoms with Gasteiger partial charge >= 0.3 is 0 Å². The van der Waals surface area contributed by atoms with Crippen molar-refractivity contribution in [2.45, 2.75) is 97.7 Å². The molecule has 2 aliphatic rings. The number of H-pyrrole nitrogens is 1. The van der Waals surface area contributed by atoms with Gasteiger partial charge in [-0.05, 0) is 86.2 Å². The van der Waals surface area contributed by atoms with Crippen molar-refractivity contribution >= 4 is 68.5 Å². The Kier molecular flexibility index (Phi) is 17.8. The van der Waals surface area contributed by atoms with Crippen molar-refractivity contribution in [2.24, 2.45) is 5.41 Å². The van der Waals surface area contributed by atoms with E-state index in [1.54, 1.807) is 39.9 Å². The van der Waals surface area contributed by atoms with Crippen molar-refractivity contribution in [3.63, 3.8) is 0 Å². The van der Waals surface area contributed by atoms with E-state index in [4.69, 9.17) is 19.2 Å². The van der Waals surface area contributed by atoms with Crippen LogP contribution >= 0.6 is 11.3 Å². The number of aryl methyl sites for hydroxylation is 1. The van der Waals surface area contributed by atoms with Crippen LogP contribution in [0.2, 0.25) is 0 Å². The van der Waals surface area contributed by atoms with Gasteiger partial charge in [-0.25, -0.2) is 9.97 Å². The first-order valence-corrected chi connectivity index (χ1v) is 26.0. The van der Waals surface area contributed by atoms with Gasteiger partial charge in [-0.2, -0.15) is 5.10 Å². The van der Waals surface area contributed by atoms with Crippen molar-refractivity contribution in [3.8, 4) is 10.4 Å². The van der Waals surface area contributed by atoms with Gasteiger partial charge in [0.2, 0.25) is 23.6 Å². The van der Waals surface area contributed by atoms with Crippen LogP contribution < -0.4 is 21.3 Å². The van der Waals surface area contributed by atoms with Gasteiger partial charge in [0.05, 0.1) is 84.4 Å². The molecule has 74 heavy (non-hydrogen) atoms. The number of aliphatic hydroxyl groups is 1. The standard InChI is InChI=1S/C53H67N11O9S/c1-33-7-6-17-62(33)29-45-59-41-14-13-39(24-42(41)60-45)58-50(68)37-12-15-43-38(23-37)27-57-64(43)18-16-54-46(66)30-72-21-19-71-20-22-73-31-47(67)61-49(53(3,4)5)52(70)63-28-40(65)25-44(63)51(69)55-26-35-8-10-36(11-9-35)48-34(2)56-32-74-48/h8-15,23-24,27,32-33,40,44,49,65H,6-7,16-22,25-26,28-31H2,1-5H3,(H,54,66)(H,55,69)(H,58,68)(H,59,60)(H,61,67)/t33-,40+,44-,49+/m0/s1. The van der Waals surface area contributed by atoms with Crippen molar-refractivity contribution < 1.29 is 43.3 Å². The van der Waals surface area contributed by atoms with Gasteiger partial charge in [0.1, 0.15) is 31.1 Å². The second kappa shape index (κ2) is 24.6. The molecule has 394 valence electrons. The number of hydrogen-bond acceptors (Lipinski definition) is 14. The number of likely N-dealkylation sites (tertiary alicyclic amines) is 2. The predicted octanol–water partition coefficient (Wildman–Crippen LogP) is 4.56. The van der Waals surface area contributed by atoms with Gasteiger partial charge in [0.25, 0.3) is 5.91 Å². The van der Waals surface area contributed by atoms with Crippen LogP contribution in [-0.2, 0) is 53.0 Å². The molecule has 20 nitrogen and oxygen atoms in total. The van der Waals surface area contributed by atoms with Gasteiger partial charge in [0, 0.05) is 48.7 Å². The molecule has 0 spiro atoms. The van der Waals surface area contributed by atoms with Crippen LogP contribution in [0, 0.1) is 12.3 Å². The molecule has 0 bridgehead atoms. The van der Waals surface area contributed by atoms with Crippen LogP contribution in [0.1, 0.15) is 74.4 Å². The number of rotatable bonds is 23. The molecule has 3 aromatic heterocycles. The molecule has 0 saturated carbocycles. The van der Waals surface area contributed by atoms with E-state index in [9.17, 15) is 29.1 Å². The van der Waals surface area contributed by atoms with Crippen LogP contribution in [0.25, 0.3) is 32.4 Å².